The van der Waals surface area contributed by atoms with Crippen LogP contribution in [0.2, 0.25) is 5.02 Å². The van der Waals surface area contributed by atoms with Gasteiger partial charge in [-0.1, -0.05) is 48.8 Å². The van der Waals surface area contributed by atoms with Crippen molar-refractivity contribution in [2.45, 2.75) is 58.0 Å². The average molecular weight is 421 g/mol. The van der Waals surface area contributed by atoms with Gasteiger partial charge in [0.05, 0.1) is 10.6 Å². The summed E-state index contributed by atoms with van der Waals surface area (Å²) in [5.74, 6) is 5.59. The maximum absolute atomic E-state index is 12.3. The molecule has 1 fully saturated rings. The predicted molar refractivity (Wildman–Crippen MR) is 119 cm³/mol. The summed E-state index contributed by atoms with van der Waals surface area (Å²) in [6, 6.07) is 10.7. The summed E-state index contributed by atoms with van der Waals surface area (Å²) in [4.78, 5) is 12.3. The summed E-state index contributed by atoms with van der Waals surface area (Å²) in [6.07, 6.45) is 4.76. The molecule has 0 radical (unpaired) electrons. The summed E-state index contributed by atoms with van der Waals surface area (Å²) in [5.41, 5.74) is 5.17. The molecule has 154 valence electrons. The van der Waals surface area contributed by atoms with Gasteiger partial charge in [0, 0.05) is 11.3 Å². The van der Waals surface area contributed by atoms with Crippen molar-refractivity contribution in [3.8, 4) is 17.9 Å². The van der Waals surface area contributed by atoms with Gasteiger partial charge in [0.1, 0.15) is 6.07 Å². The number of anilines is 1. The largest absolute Gasteiger partial charge is 0.372 e. The Morgan fingerprint density at radius 1 is 1.17 bits per heavy atom. The van der Waals surface area contributed by atoms with Crippen LogP contribution in [-0.4, -0.2) is 17.1 Å². The van der Waals surface area contributed by atoms with Gasteiger partial charge in [-0.15, -0.1) is 0 Å². The zero-order chi connectivity index (χ0) is 21.7. The second-order valence-corrected chi connectivity index (χ2v) is 8.24. The van der Waals surface area contributed by atoms with Crippen molar-refractivity contribution in [2.75, 3.05) is 5.32 Å². The molecule has 2 aromatic carbocycles. The van der Waals surface area contributed by atoms with Crippen molar-refractivity contribution in [1.29, 1.82) is 5.26 Å². The first-order valence-corrected chi connectivity index (χ1v) is 10.6. The Balaban J connectivity index is 1.76. The van der Waals surface area contributed by atoms with E-state index in [9.17, 15) is 9.90 Å². The first kappa shape index (κ1) is 21.9. The number of carbonyl (C=O) groups is 1. The van der Waals surface area contributed by atoms with E-state index in [2.05, 4.69) is 37.1 Å². The zero-order valence-electron chi connectivity index (χ0n) is 17.3. The minimum absolute atomic E-state index is 0.238. The smallest absolute Gasteiger partial charge is 0.265 e. The molecule has 0 aromatic heterocycles. The number of benzene rings is 2. The summed E-state index contributed by atoms with van der Waals surface area (Å²) in [7, 11) is 0. The Morgan fingerprint density at radius 2 is 1.90 bits per heavy atom. The lowest BCUT2D eigenvalue weighted by Gasteiger charge is -2.24. The Hall–Kier alpha value is -2.79. The summed E-state index contributed by atoms with van der Waals surface area (Å²) in [6.45, 7) is 4.12. The van der Waals surface area contributed by atoms with Crippen molar-refractivity contribution in [2.24, 2.45) is 0 Å². The Morgan fingerprint density at radius 3 is 2.57 bits per heavy atom. The molecule has 1 amide bonds. The van der Waals surface area contributed by atoms with E-state index in [0.29, 0.717) is 17.2 Å². The van der Waals surface area contributed by atoms with Crippen LogP contribution in [0, 0.1) is 37.0 Å². The van der Waals surface area contributed by atoms with Crippen LogP contribution in [-0.2, 0) is 4.79 Å². The monoisotopic (exact) mass is 420 g/mol. The van der Waals surface area contributed by atoms with Crippen LogP contribution < -0.4 is 5.32 Å². The number of aryl methyl sites for hydroxylation is 1. The van der Waals surface area contributed by atoms with Gasteiger partial charge >= 0.3 is 0 Å². The van der Waals surface area contributed by atoms with E-state index in [0.717, 1.165) is 16.7 Å². The van der Waals surface area contributed by atoms with Gasteiger partial charge in [-0.05, 0) is 73.6 Å². The summed E-state index contributed by atoms with van der Waals surface area (Å²) in [5, 5.41) is 22.0. The normalized spacial score (nSPS) is 14.9. The minimum Gasteiger partial charge on any atom is -0.372 e. The van der Waals surface area contributed by atoms with Gasteiger partial charge in [-0.3, -0.25) is 4.79 Å². The quantitative estimate of drug-likeness (QED) is 0.668. The first-order chi connectivity index (χ1) is 14.4. The molecule has 2 N–H and O–H groups in total. The summed E-state index contributed by atoms with van der Waals surface area (Å²) >= 11 is 5.98. The van der Waals surface area contributed by atoms with Gasteiger partial charge < -0.3 is 10.4 Å². The fourth-order valence-corrected chi connectivity index (χ4v) is 4.18. The van der Waals surface area contributed by atoms with E-state index in [1.807, 2.05) is 12.1 Å². The molecule has 3 rings (SSSR count). The fourth-order valence-electron chi connectivity index (χ4n) is 3.96. The highest BCUT2D eigenvalue weighted by Crippen LogP contribution is 2.35. The SMILES string of the molecule is Cc1cc(C#CC(O)C(=O)Nc2ccc(C#N)c(Cl)c2)c(C)c(C2CCCCC2)c1. The van der Waals surface area contributed by atoms with E-state index in [4.69, 9.17) is 16.9 Å². The number of halogens is 1. The number of nitriles is 1. The van der Waals surface area contributed by atoms with Crippen molar-refractivity contribution in [3.63, 3.8) is 0 Å². The molecule has 1 unspecified atom stereocenters. The number of nitrogens with zero attached hydrogens (tertiary/aromatic N) is 1. The second-order valence-electron chi connectivity index (χ2n) is 7.83. The minimum atomic E-state index is -1.47. The number of amides is 1. The van der Waals surface area contributed by atoms with E-state index < -0.39 is 12.0 Å². The van der Waals surface area contributed by atoms with Crippen LogP contribution in [0.25, 0.3) is 0 Å². The van der Waals surface area contributed by atoms with Crippen LogP contribution in [0.1, 0.15) is 65.8 Å². The number of hydrogen-bond acceptors (Lipinski definition) is 3. The maximum Gasteiger partial charge on any atom is 0.265 e. The van der Waals surface area contributed by atoms with Crippen LogP contribution in [0.15, 0.2) is 30.3 Å². The second kappa shape index (κ2) is 9.81. The van der Waals surface area contributed by atoms with E-state index >= 15 is 0 Å². The molecule has 0 bridgehead atoms. The molecular formula is C25H25ClN2O2. The highest BCUT2D eigenvalue weighted by Gasteiger charge is 2.19. The standard InChI is InChI=1S/C25H25ClN2O2/c1-16-12-19(17(2)22(13-16)18-6-4-3-5-7-18)9-11-24(29)25(30)28-21-10-8-20(15-27)23(26)14-21/h8,10,12-14,18,24,29H,3-7H2,1-2H3,(H,28,30). The lowest BCUT2D eigenvalue weighted by molar-refractivity contribution is -0.121. The van der Waals surface area contributed by atoms with E-state index in [1.165, 1.54) is 49.8 Å². The molecule has 0 spiro atoms. The van der Waals surface area contributed by atoms with Crippen LogP contribution >= 0.6 is 11.6 Å². The van der Waals surface area contributed by atoms with E-state index in [-0.39, 0.29) is 5.02 Å². The van der Waals surface area contributed by atoms with Gasteiger partial charge in [-0.25, -0.2) is 0 Å². The molecule has 0 saturated heterocycles. The highest BCUT2D eigenvalue weighted by molar-refractivity contribution is 6.32. The highest BCUT2D eigenvalue weighted by atomic mass is 35.5. The van der Waals surface area contributed by atoms with Crippen molar-refractivity contribution < 1.29 is 9.90 Å². The summed E-state index contributed by atoms with van der Waals surface area (Å²) < 4.78 is 0. The number of nitrogens with one attached hydrogen (secondary N) is 1. The number of aliphatic hydroxyl groups excluding tert-OH is 1. The van der Waals surface area contributed by atoms with Crippen molar-refractivity contribution in [1.82, 2.24) is 0 Å². The Kier molecular flexibility index (Phi) is 7.16. The average Bonchev–Trinajstić information content (AvgIpc) is 2.74. The third-order valence-electron chi connectivity index (χ3n) is 5.59. The van der Waals surface area contributed by atoms with Crippen molar-refractivity contribution >= 4 is 23.2 Å². The van der Waals surface area contributed by atoms with Gasteiger partial charge in [0.15, 0.2) is 6.10 Å². The third-order valence-corrected chi connectivity index (χ3v) is 5.90. The van der Waals surface area contributed by atoms with E-state index in [1.54, 1.807) is 6.07 Å². The van der Waals surface area contributed by atoms with Gasteiger partial charge in [0.25, 0.3) is 5.91 Å². The molecule has 0 aliphatic heterocycles. The molecule has 1 atom stereocenters. The maximum atomic E-state index is 12.3. The van der Waals surface area contributed by atoms with Crippen LogP contribution in [0.3, 0.4) is 0 Å². The predicted octanol–water partition coefficient (Wildman–Crippen LogP) is 5.23. The topological polar surface area (TPSA) is 73.1 Å². The van der Waals surface area contributed by atoms with Crippen LogP contribution in [0.4, 0.5) is 5.69 Å². The van der Waals surface area contributed by atoms with Gasteiger partial charge in [-0.2, -0.15) is 5.26 Å². The molecule has 4 nitrogen and oxygen atoms in total. The molecular weight excluding hydrogens is 396 g/mol. The fraction of sp³-hybridized carbons (Fsp3) is 0.360. The zero-order valence-corrected chi connectivity index (χ0v) is 18.0. The lowest BCUT2D eigenvalue weighted by atomic mass is 9.80. The molecule has 1 aliphatic carbocycles. The third kappa shape index (κ3) is 5.22. The molecule has 5 heteroatoms. The Labute approximate surface area is 182 Å². The lowest BCUT2D eigenvalue weighted by Crippen LogP contribution is -2.26. The van der Waals surface area contributed by atoms with Crippen LogP contribution in [0.5, 0.6) is 0 Å². The molecule has 0 heterocycles. The number of rotatable bonds is 3. The van der Waals surface area contributed by atoms with Gasteiger partial charge in [0.2, 0.25) is 0 Å². The molecule has 1 saturated carbocycles. The Bertz CT molecular complexity index is 1050. The number of hydrogen-bond donors (Lipinski definition) is 2. The van der Waals surface area contributed by atoms with Crippen molar-refractivity contribution in [3.05, 3.63) is 63.2 Å². The number of aliphatic hydroxyl groups is 1. The first-order valence-electron chi connectivity index (χ1n) is 10.2. The molecule has 30 heavy (non-hydrogen) atoms. The molecule has 2 aromatic rings. The number of carbonyl (C=O) groups excluding carboxylic acids is 1. The molecule has 1 aliphatic rings.